The minimum Gasteiger partial charge on any atom is -0.355 e. The first kappa shape index (κ1) is 11.1. The van der Waals surface area contributed by atoms with Crippen LogP contribution in [-0.2, 0) is 0 Å². The molecule has 2 heterocycles. The second-order valence-electron chi connectivity index (χ2n) is 4.37. The summed E-state index contributed by atoms with van der Waals surface area (Å²) in [4.78, 5) is 12.9. The zero-order chi connectivity index (χ0) is 11.5. The van der Waals surface area contributed by atoms with Gasteiger partial charge in [0.15, 0.2) is 0 Å². The lowest BCUT2D eigenvalue weighted by molar-refractivity contribution is 0.676. The van der Waals surface area contributed by atoms with E-state index in [4.69, 9.17) is 0 Å². The van der Waals surface area contributed by atoms with Crippen LogP contribution in [0.4, 0.5) is 11.8 Å². The zero-order valence-electron chi connectivity index (χ0n) is 10.1. The van der Waals surface area contributed by atoms with Crippen LogP contribution in [0.2, 0.25) is 0 Å². The fraction of sp³-hybridized carbons (Fsp3) is 0.636. The molecule has 0 amide bonds. The minimum atomic E-state index is 0.546. The second kappa shape index (κ2) is 4.65. The van der Waals surface area contributed by atoms with Gasteiger partial charge in [-0.15, -0.1) is 0 Å². The molecule has 5 heteroatoms. The maximum atomic E-state index is 4.53. The van der Waals surface area contributed by atoms with Crippen LogP contribution in [0.15, 0.2) is 12.3 Å². The number of aromatic nitrogens is 2. The molecule has 0 spiro atoms. The molecule has 1 aliphatic rings. The van der Waals surface area contributed by atoms with E-state index in [9.17, 15) is 0 Å². The summed E-state index contributed by atoms with van der Waals surface area (Å²) >= 11 is 0. The highest BCUT2D eigenvalue weighted by Crippen LogP contribution is 2.17. The van der Waals surface area contributed by atoms with Gasteiger partial charge < -0.3 is 15.1 Å². The van der Waals surface area contributed by atoms with Gasteiger partial charge in [0.1, 0.15) is 5.82 Å². The van der Waals surface area contributed by atoms with Crippen molar-refractivity contribution >= 4 is 11.8 Å². The molecule has 0 saturated carbocycles. The number of nitrogens with zero attached hydrogens (tertiary/aromatic N) is 4. The molecule has 0 bridgehead atoms. The highest BCUT2D eigenvalue weighted by Gasteiger charge is 2.20. The van der Waals surface area contributed by atoms with Crippen LogP contribution in [0.3, 0.4) is 0 Å². The van der Waals surface area contributed by atoms with E-state index < -0.39 is 0 Å². The summed E-state index contributed by atoms with van der Waals surface area (Å²) < 4.78 is 0. The summed E-state index contributed by atoms with van der Waals surface area (Å²) in [7, 11) is 6.01. The Labute approximate surface area is 96.5 Å². The van der Waals surface area contributed by atoms with Crippen LogP contribution in [0, 0.1) is 0 Å². The molecule has 1 saturated heterocycles. The Hall–Kier alpha value is -1.36. The average molecular weight is 221 g/mol. The third-order valence-electron chi connectivity index (χ3n) is 2.97. The Morgan fingerprint density at radius 2 is 2.19 bits per heavy atom. The van der Waals surface area contributed by atoms with Crippen LogP contribution < -0.4 is 15.1 Å². The van der Waals surface area contributed by atoms with E-state index in [0.717, 1.165) is 24.9 Å². The first-order valence-corrected chi connectivity index (χ1v) is 5.62. The van der Waals surface area contributed by atoms with E-state index in [1.807, 2.05) is 31.3 Å². The van der Waals surface area contributed by atoms with E-state index in [-0.39, 0.29) is 0 Å². The Bertz CT molecular complexity index is 346. The van der Waals surface area contributed by atoms with Gasteiger partial charge in [0.2, 0.25) is 5.95 Å². The smallest absolute Gasteiger partial charge is 0.226 e. The average Bonchev–Trinajstić information content (AvgIpc) is 2.81. The predicted octanol–water partition coefficient (Wildman–Crippen LogP) is 0.341. The Balaban J connectivity index is 2.15. The number of likely N-dealkylation sites (N-methyl/N-ethyl adjacent to an activating group) is 1. The van der Waals surface area contributed by atoms with Crippen LogP contribution in [0.25, 0.3) is 0 Å². The van der Waals surface area contributed by atoms with Gasteiger partial charge >= 0.3 is 0 Å². The van der Waals surface area contributed by atoms with Crippen molar-refractivity contribution in [3.05, 3.63) is 12.3 Å². The molecule has 1 aliphatic heterocycles. The van der Waals surface area contributed by atoms with Crippen molar-refractivity contribution in [3.63, 3.8) is 0 Å². The van der Waals surface area contributed by atoms with E-state index in [1.54, 1.807) is 0 Å². The van der Waals surface area contributed by atoms with Gasteiger partial charge in [-0.2, -0.15) is 4.98 Å². The number of anilines is 2. The van der Waals surface area contributed by atoms with E-state index >= 15 is 0 Å². The van der Waals surface area contributed by atoms with Gasteiger partial charge in [-0.25, -0.2) is 4.98 Å². The van der Waals surface area contributed by atoms with E-state index in [2.05, 4.69) is 27.2 Å². The lowest BCUT2D eigenvalue weighted by Gasteiger charge is -2.25. The molecule has 1 aromatic heterocycles. The molecule has 0 radical (unpaired) electrons. The molecule has 1 aromatic rings. The molecule has 1 N–H and O–H groups in total. The molecule has 1 unspecified atom stereocenters. The third-order valence-corrected chi connectivity index (χ3v) is 2.97. The van der Waals surface area contributed by atoms with Crippen LogP contribution in [0.1, 0.15) is 6.42 Å². The standard InChI is InChI=1S/C11H19N5/c1-15(2)11-13-7-5-10(14-11)16(3)9-4-6-12-8-9/h5,7,9,12H,4,6,8H2,1-3H3. The summed E-state index contributed by atoms with van der Waals surface area (Å²) in [5.41, 5.74) is 0. The summed E-state index contributed by atoms with van der Waals surface area (Å²) in [5, 5.41) is 3.36. The van der Waals surface area contributed by atoms with Crippen LogP contribution >= 0.6 is 0 Å². The van der Waals surface area contributed by atoms with Gasteiger partial charge in [0.25, 0.3) is 0 Å². The van der Waals surface area contributed by atoms with Crippen molar-refractivity contribution in [1.82, 2.24) is 15.3 Å². The zero-order valence-corrected chi connectivity index (χ0v) is 10.1. The second-order valence-corrected chi connectivity index (χ2v) is 4.37. The number of nitrogens with one attached hydrogen (secondary N) is 1. The van der Waals surface area contributed by atoms with Gasteiger partial charge in [0, 0.05) is 39.9 Å². The molecular formula is C11H19N5. The fourth-order valence-corrected chi connectivity index (χ4v) is 1.91. The lowest BCUT2D eigenvalue weighted by atomic mass is 10.2. The molecular weight excluding hydrogens is 202 g/mol. The maximum absolute atomic E-state index is 4.53. The molecule has 0 aromatic carbocycles. The number of hydrogen-bond acceptors (Lipinski definition) is 5. The summed E-state index contributed by atoms with van der Waals surface area (Å²) in [6, 6.07) is 2.51. The topological polar surface area (TPSA) is 44.3 Å². The van der Waals surface area contributed by atoms with Crippen molar-refractivity contribution in [3.8, 4) is 0 Å². The first-order valence-electron chi connectivity index (χ1n) is 5.62. The lowest BCUT2D eigenvalue weighted by Crippen LogP contribution is -2.34. The molecule has 1 atom stereocenters. The highest BCUT2D eigenvalue weighted by atomic mass is 15.3. The molecule has 16 heavy (non-hydrogen) atoms. The molecule has 0 aliphatic carbocycles. The number of hydrogen-bond donors (Lipinski definition) is 1. The molecule has 2 rings (SSSR count). The number of rotatable bonds is 3. The predicted molar refractivity (Wildman–Crippen MR) is 66.0 cm³/mol. The minimum absolute atomic E-state index is 0.546. The van der Waals surface area contributed by atoms with E-state index in [0.29, 0.717) is 6.04 Å². The van der Waals surface area contributed by atoms with Gasteiger partial charge in [-0.1, -0.05) is 0 Å². The Kier molecular flexibility index (Phi) is 3.24. The van der Waals surface area contributed by atoms with Gasteiger partial charge in [-0.05, 0) is 19.0 Å². The van der Waals surface area contributed by atoms with Crippen LogP contribution in [0.5, 0.6) is 0 Å². The summed E-state index contributed by atoms with van der Waals surface area (Å²) in [5.74, 6) is 1.75. The van der Waals surface area contributed by atoms with Crippen molar-refractivity contribution < 1.29 is 0 Å². The largest absolute Gasteiger partial charge is 0.355 e. The van der Waals surface area contributed by atoms with Crippen molar-refractivity contribution in [2.45, 2.75) is 12.5 Å². The van der Waals surface area contributed by atoms with Crippen molar-refractivity contribution in [2.24, 2.45) is 0 Å². The quantitative estimate of drug-likeness (QED) is 0.797. The fourth-order valence-electron chi connectivity index (χ4n) is 1.91. The normalized spacial score (nSPS) is 19.8. The van der Waals surface area contributed by atoms with Crippen LogP contribution in [-0.4, -0.2) is 50.2 Å². The van der Waals surface area contributed by atoms with Crippen molar-refractivity contribution in [1.29, 1.82) is 0 Å². The Morgan fingerprint density at radius 1 is 1.38 bits per heavy atom. The third kappa shape index (κ3) is 2.24. The van der Waals surface area contributed by atoms with E-state index in [1.165, 1.54) is 6.42 Å². The molecule has 88 valence electrons. The van der Waals surface area contributed by atoms with Gasteiger partial charge in [-0.3, -0.25) is 0 Å². The SMILES string of the molecule is CN(C)c1nccc(N(C)C2CCNC2)n1. The first-order chi connectivity index (χ1) is 7.68. The Morgan fingerprint density at radius 3 is 2.81 bits per heavy atom. The van der Waals surface area contributed by atoms with Gasteiger partial charge in [0.05, 0.1) is 0 Å². The summed E-state index contributed by atoms with van der Waals surface area (Å²) in [6.45, 7) is 2.14. The summed E-state index contributed by atoms with van der Waals surface area (Å²) in [6.07, 6.45) is 2.99. The van der Waals surface area contributed by atoms with Crippen molar-refractivity contribution in [2.75, 3.05) is 44.0 Å². The molecule has 5 nitrogen and oxygen atoms in total. The highest BCUT2D eigenvalue weighted by molar-refractivity contribution is 5.43. The maximum Gasteiger partial charge on any atom is 0.226 e. The monoisotopic (exact) mass is 221 g/mol. The molecule has 1 fully saturated rings.